The molecule has 1 saturated carbocycles. The maximum absolute atomic E-state index is 12.4. The average molecular weight is 332 g/mol. The molecule has 4 rings (SSSR count). The molecule has 4 heteroatoms. The second kappa shape index (κ2) is 6.55. The molecule has 4 nitrogen and oxygen atoms in total. The molecule has 2 heterocycles. The first-order valence-corrected chi connectivity index (χ1v) is 8.56. The molecule has 0 aliphatic heterocycles. The summed E-state index contributed by atoms with van der Waals surface area (Å²) < 4.78 is 5.40. The molecule has 1 fully saturated rings. The fourth-order valence-corrected chi connectivity index (χ4v) is 3.20. The predicted octanol–water partition coefficient (Wildman–Crippen LogP) is 4.32. The summed E-state index contributed by atoms with van der Waals surface area (Å²) in [7, 11) is 0. The van der Waals surface area contributed by atoms with Crippen molar-refractivity contribution in [2.24, 2.45) is 5.92 Å². The van der Waals surface area contributed by atoms with Gasteiger partial charge < -0.3 is 9.73 Å². The monoisotopic (exact) mass is 332 g/mol. The number of aromatic nitrogens is 1. The molecule has 0 radical (unpaired) electrons. The fraction of sp³-hybridized carbons (Fsp3) is 0.238. The van der Waals surface area contributed by atoms with Crippen LogP contribution in [0.1, 0.15) is 36.6 Å². The normalized spacial score (nSPS) is 20.0. The van der Waals surface area contributed by atoms with Gasteiger partial charge in [0.25, 0.3) is 0 Å². The Morgan fingerprint density at radius 2 is 2.00 bits per heavy atom. The third-order valence-corrected chi connectivity index (χ3v) is 4.80. The van der Waals surface area contributed by atoms with E-state index in [1.165, 1.54) is 0 Å². The third kappa shape index (κ3) is 3.33. The zero-order valence-corrected chi connectivity index (χ0v) is 14.1. The van der Waals surface area contributed by atoms with Crippen molar-refractivity contribution >= 4 is 5.91 Å². The van der Waals surface area contributed by atoms with Gasteiger partial charge in [-0.05, 0) is 48.2 Å². The van der Waals surface area contributed by atoms with Crippen molar-refractivity contribution in [3.8, 4) is 11.1 Å². The molecule has 25 heavy (non-hydrogen) atoms. The Balaban J connectivity index is 1.38. The SMILES string of the molecule is CC(NC(=O)C1CC1c1ccco1)c1ccc(-c2cccnc2)cc1. The summed E-state index contributed by atoms with van der Waals surface area (Å²) in [5, 5.41) is 3.12. The maximum Gasteiger partial charge on any atom is 0.224 e. The number of rotatable bonds is 5. The van der Waals surface area contributed by atoms with Crippen LogP contribution < -0.4 is 5.32 Å². The van der Waals surface area contributed by atoms with Gasteiger partial charge in [-0.1, -0.05) is 30.3 Å². The van der Waals surface area contributed by atoms with Crippen LogP contribution >= 0.6 is 0 Å². The summed E-state index contributed by atoms with van der Waals surface area (Å²) in [5.74, 6) is 1.28. The van der Waals surface area contributed by atoms with E-state index >= 15 is 0 Å². The zero-order valence-electron chi connectivity index (χ0n) is 14.1. The highest BCUT2D eigenvalue weighted by molar-refractivity contribution is 5.83. The van der Waals surface area contributed by atoms with Crippen molar-refractivity contribution in [3.05, 3.63) is 78.5 Å². The molecule has 0 spiro atoms. The van der Waals surface area contributed by atoms with Crippen molar-refractivity contribution in [3.63, 3.8) is 0 Å². The second-order valence-electron chi connectivity index (χ2n) is 6.56. The predicted molar refractivity (Wildman–Crippen MR) is 95.8 cm³/mol. The number of benzene rings is 1. The van der Waals surface area contributed by atoms with Crippen LogP contribution in [0.3, 0.4) is 0 Å². The van der Waals surface area contributed by atoms with Crippen LogP contribution in [-0.2, 0) is 4.79 Å². The molecule has 1 aliphatic carbocycles. The van der Waals surface area contributed by atoms with Gasteiger partial charge in [-0.25, -0.2) is 0 Å². The fourth-order valence-electron chi connectivity index (χ4n) is 3.20. The summed E-state index contributed by atoms with van der Waals surface area (Å²) in [6.45, 7) is 2.02. The standard InChI is InChI=1S/C21H20N2O2/c1-14(23-21(24)19-12-18(19)20-5-3-11-25-20)15-6-8-16(9-7-15)17-4-2-10-22-13-17/h2-11,13-14,18-19H,12H2,1H3,(H,23,24). The molecular formula is C21H20N2O2. The Kier molecular flexibility index (Phi) is 4.10. The van der Waals surface area contributed by atoms with Crippen LogP contribution in [0, 0.1) is 5.92 Å². The van der Waals surface area contributed by atoms with E-state index in [0.717, 1.165) is 28.9 Å². The van der Waals surface area contributed by atoms with E-state index in [0.29, 0.717) is 0 Å². The Hall–Kier alpha value is -2.88. The summed E-state index contributed by atoms with van der Waals surface area (Å²) in [6.07, 6.45) is 6.15. The van der Waals surface area contributed by atoms with Gasteiger partial charge in [-0.2, -0.15) is 0 Å². The topological polar surface area (TPSA) is 55.1 Å². The van der Waals surface area contributed by atoms with Gasteiger partial charge in [0.2, 0.25) is 5.91 Å². The summed E-state index contributed by atoms with van der Waals surface area (Å²) in [4.78, 5) is 16.6. The van der Waals surface area contributed by atoms with Gasteiger partial charge in [0.15, 0.2) is 0 Å². The highest BCUT2D eigenvalue weighted by Crippen LogP contribution is 2.47. The maximum atomic E-state index is 12.4. The summed E-state index contributed by atoms with van der Waals surface area (Å²) in [5.41, 5.74) is 3.30. The van der Waals surface area contributed by atoms with Crippen molar-refractivity contribution in [1.82, 2.24) is 10.3 Å². The van der Waals surface area contributed by atoms with E-state index in [1.54, 1.807) is 12.5 Å². The highest BCUT2D eigenvalue weighted by Gasteiger charge is 2.46. The molecular weight excluding hydrogens is 312 g/mol. The van der Waals surface area contributed by atoms with Crippen LogP contribution in [0.5, 0.6) is 0 Å². The Labute approximate surface area is 146 Å². The largest absolute Gasteiger partial charge is 0.469 e. The molecule has 1 N–H and O–H groups in total. The van der Waals surface area contributed by atoms with E-state index in [1.807, 2.05) is 37.4 Å². The molecule has 0 bridgehead atoms. The number of amides is 1. The molecule has 2 aromatic heterocycles. The van der Waals surface area contributed by atoms with Gasteiger partial charge in [0.05, 0.1) is 12.3 Å². The quantitative estimate of drug-likeness (QED) is 0.757. The van der Waals surface area contributed by atoms with Crippen LogP contribution in [-0.4, -0.2) is 10.9 Å². The Morgan fingerprint density at radius 1 is 1.16 bits per heavy atom. The minimum atomic E-state index is -0.0201. The van der Waals surface area contributed by atoms with E-state index in [-0.39, 0.29) is 23.8 Å². The van der Waals surface area contributed by atoms with E-state index in [9.17, 15) is 4.79 Å². The number of nitrogens with zero attached hydrogens (tertiary/aromatic N) is 1. The Morgan fingerprint density at radius 3 is 2.68 bits per heavy atom. The van der Waals surface area contributed by atoms with Gasteiger partial charge in [0.1, 0.15) is 5.76 Å². The number of carbonyl (C=O) groups is 1. The lowest BCUT2D eigenvalue weighted by Crippen LogP contribution is -2.28. The zero-order chi connectivity index (χ0) is 17.2. The molecule has 3 aromatic rings. The summed E-state index contributed by atoms with van der Waals surface area (Å²) >= 11 is 0. The van der Waals surface area contributed by atoms with Crippen molar-refractivity contribution in [2.75, 3.05) is 0 Å². The molecule has 3 atom stereocenters. The van der Waals surface area contributed by atoms with Crippen LogP contribution in [0.25, 0.3) is 11.1 Å². The molecule has 1 aromatic carbocycles. The number of furan rings is 1. The van der Waals surface area contributed by atoms with Gasteiger partial charge in [0, 0.05) is 24.2 Å². The lowest BCUT2D eigenvalue weighted by molar-refractivity contribution is -0.123. The Bertz CT molecular complexity index is 841. The van der Waals surface area contributed by atoms with Gasteiger partial charge >= 0.3 is 0 Å². The molecule has 1 amide bonds. The number of hydrogen-bond acceptors (Lipinski definition) is 3. The minimum Gasteiger partial charge on any atom is -0.469 e. The van der Waals surface area contributed by atoms with Gasteiger partial charge in [-0.3, -0.25) is 9.78 Å². The van der Waals surface area contributed by atoms with E-state index in [2.05, 4.69) is 34.6 Å². The number of hydrogen-bond donors (Lipinski definition) is 1. The van der Waals surface area contributed by atoms with Crippen LogP contribution in [0.4, 0.5) is 0 Å². The lowest BCUT2D eigenvalue weighted by atomic mass is 10.0. The number of carbonyl (C=O) groups excluding carboxylic acids is 1. The third-order valence-electron chi connectivity index (χ3n) is 4.80. The van der Waals surface area contributed by atoms with Crippen molar-refractivity contribution in [1.29, 1.82) is 0 Å². The minimum absolute atomic E-state index is 0.0201. The highest BCUT2D eigenvalue weighted by atomic mass is 16.3. The first kappa shape index (κ1) is 15.6. The van der Waals surface area contributed by atoms with Crippen LogP contribution in [0.2, 0.25) is 0 Å². The smallest absolute Gasteiger partial charge is 0.224 e. The number of pyridine rings is 1. The first-order chi connectivity index (χ1) is 12.2. The molecule has 126 valence electrons. The van der Waals surface area contributed by atoms with Gasteiger partial charge in [-0.15, -0.1) is 0 Å². The van der Waals surface area contributed by atoms with E-state index < -0.39 is 0 Å². The second-order valence-corrected chi connectivity index (χ2v) is 6.56. The van der Waals surface area contributed by atoms with Crippen molar-refractivity contribution in [2.45, 2.75) is 25.3 Å². The average Bonchev–Trinajstić information content (AvgIpc) is 3.28. The molecule has 1 aliphatic rings. The van der Waals surface area contributed by atoms with Crippen molar-refractivity contribution < 1.29 is 9.21 Å². The lowest BCUT2D eigenvalue weighted by Gasteiger charge is -2.15. The van der Waals surface area contributed by atoms with E-state index in [4.69, 9.17) is 4.42 Å². The number of nitrogens with one attached hydrogen (secondary N) is 1. The molecule has 0 saturated heterocycles. The van der Waals surface area contributed by atoms with Crippen LogP contribution in [0.15, 0.2) is 71.6 Å². The molecule has 3 unspecified atom stereocenters. The summed E-state index contributed by atoms with van der Waals surface area (Å²) in [6, 6.07) is 16.0. The first-order valence-electron chi connectivity index (χ1n) is 8.56.